The summed E-state index contributed by atoms with van der Waals surface area (Å²) in [6, 6.07) is 0. The molecule has 0 aliphatic rings. The Kier molecular flexibility index (Phi) is 3.93. The summed E-state index contributed by atoms with van der Waals surface area (Å²) in [6.45, 7) is 3.02. The fourth-order valence-corrected chi connectivity index (χ4v) is 1.16. The van der Waals surface area contributed by atoms with Crippen molar-refractivity contribution < 1.29 is 4.79 Å². The van der Waals surface area contributed by atoms with Crippen molar-refractivity contribution in [1.82, 2.24) is 9.55 Å². The Morgan fingerprint density at radius 2 is 2.46 bits per heavy atom. The third-order valence-corrected chi connectivity index (χ3v) is 1.84. The fraction of sp³-hybridized carbons (Fsp3) is 0.556. The third kappa shape index (κ3) is 2.84. The average Bonchev–Trinajstić information content (AvgIpc) is 2.54. The van der Waals surface area contributed by atoms with Gasteiger partial charge in [0.05, 0.1) is 0 Å². The van der Waals surface area contributed by atoms with Crippen molar-refractivity contribution in [2.45, 2.75) is 32.7 Å². The number of hydrogen-bond donors (Lipinski definition) is 0. The molecule has 70 valence electrons. The molecule has 0 spiro atoms. The highest BCUT2D eigenvalue weighted by Gasteiger charge is 1.98. The van der Waals surface area contributed by atoms with Crippen LogP contribution in [-0.2, 0) is 11.3 Å². The number of imidazole rings is 1. The monoisotopic (exact) mass is 179 g/mol. The summed E-state index contributed by atoms with van der Waals surface area (Å²) < 4.78 is 1.86. The Balaban J connectivity index is 2.54. The fourth-order valence-electron chi connectivity index (χ4n) is 1.16. The first kappa shape index (κ1) is 9.68. The van der Waals surface area contributed by atoms with Crippen molar-refractivity contribution in [2.24, 2.45) is 4.99 Å². The minimum absolute atomic E-state index is 0.450. The van der Waals surface area contributed by atoms with Gasteiger partial charge in [-0.2, -0.15) is 0 Å². The van der Waals surface area contributed by atoms with E-state index >= 15 is 0 Å². The van der Waals surface area contributed by atoms with Crippen LogP contribution in [0.4, 0.5) is 5.95 Å². The first-order valence-corrected chi connectivity index (χ1v) is 4.47. The molecule has 0 aliphatic heterocycles. The van der Waals surface area contributed by atoms with Crippen molar-refractivity contribution in [3.63, 3.8) is 0 Å². The second-order valence-corrected chi connectivity index (χ2v) is 2.83. The number of nitrogens with zero attached hydrogens (tertiary/aromatic N) is 3. The van der Waals surface area contributed by atoms with Crippen molar-refractivity contribution in [3.05, 3.63) is 12.4 Å². The highest BCUT2D eigenvalue weighted by Crippen LogP contribution is 2.09. The minimum atomic E-state index is 0.450. The number of aliphatic imine (C=N–C) groups is 1. The third-order valence-electron chi connectivity index (χ3n) is 1.84. The molecular weight excluding hydrogens is 166 g/mol. The van der Waals surface area contributed by atoms with E-state index in [0.717, 1.165) is 13.0 Å². The van der Waals surface area contributed by atoms with E-state index in [-0.39, 0.29) is 0 Å². The number of carbonyl (C=O) groups excluding carboxylic acids is 1. The van der Waals surface area contributed by atoms with Gasteiger partial charge in [0.15, 0.2) is 0 Å². The highest BCUT2D eigenvalue weighted by atomic mass is 16.1. The van der Waals surface area contributed by atoms with Gasteiger partial charge in [-0.1, -0.05) is 19.8 Å². The van der Waals surface area contributed by atoms with Crippen LogP contribution in [0.25, 0.3) is 0 Å². The van der Waals surface area contributed by atoms with Gasteiger partial charge in [-0.3, -0.25) is 0 Å². The van der Waals surface area contributed by atoms with E-state index in [2.05, 4.69) is 16.9 Å². The van der Waals surface area contributed by atoms with Crippen molar-refractivity contribution in [1.29, 1.82) is 0 Å². The average molecular weight is 179 g/mol. The largest absolute Gasteiger partial charge is 0.315 e. The summed E-state index contributed by atoms with van der Waals surface area (Å²) in [5, 5.41) is 0. The second kappa shape index (κ2) is 5.27. The number of aryl methyl sites for hydroxylation is 1. The number of rotatable bonds is 5. The van der Waals surface area contributed by atoms with Crippen molar-refractivity contribution >= 4 is 12.0 Å². The van der Waals surface area contributed by atoms with Gasteiger partial charge in [0.25, 0.3) is 0 Å². The van der Waals surface area contributed by atoms with Crippen LogP contribution in [0.3, 0.4) is 0 Å². The van der Waals surface area contributed by atoms with Crippen LogP contribution in [0.5, 0.6) is 0 Å². The summed E-state index contributed by atoms with van der Waals surface area (Å²) in [5.41, 5.74) is 0. The molecule has 1 heterocycles. The molecule has 4 nitrogen and oxygen atoms in total. The Labute approximate surface area is 77.3 Å². The molecule has 0 aromatic carbocycles. The predicted molar refractivity (Wildman–Crippen MR) is 49.5 cm³/mol. The molecule has 0 amide bonds. The van der Waals surface area contributed by atoms with Crippen molar-refractivity contribution in [3.8, 4) is 0 Å². The molecular formula is C9H13N3O. The number of aromatic nitrogens is 2. The number of isocyanates is 1. The topological polar surface area (TPSA) is 47.2 Å². The van der Waals surface area contributed by atoms with E-state index in [9.17, 15) is 4.79 Å². The lowest BCUT2D eigenvalue weighted by Crippen LogP contribution is -1.95. The van der Waals surface area contributed by atoms with Gasteiger partial charge in [-0.15, -0.1) is 4.99 Å². The predicted octanol–water partition coefficient (Wildman–Crippen LogP) is 2.04. The van der Waals surface area contributed by atoms with Crippen LogP contribution in [0.1, 0.15) is 26.2 Å². The van der Waals surface area contributed by atoms with Gasteiger partial charge < -0.3 is 4.57 Å². The molecule has 0 radical (unpaired) electrons. The zero-order valence-corrected chi connectivity index (χ0v) is 7.73. The Bertz CT molecular complexity index is 300. The van der Waals surface area contributed by atoms with Gasteiger partial charge in [-0.25, -0.2) is 9.78 Å². The van der Waals surface area contributed by atoms with Gasteiger partial charge >= 0.3 is 0 Å². The van der Waals surface area contributed by atoms with Crippen LogP contribution in [0.2, 0.25) is 0 Å². The molecule has 0 unspecified atom stereocenters. The van der Waals surface area contributed by atoms with E-state index in [1.807, 2.05) is 10.8 Å². The van der Waals surface area contributed by atoms with Crippen LogP contribution in [-0.4, -0.2) is 15.6 Å². The lowest BCUT2D eigenvalue weighted by Gasteiger charge is -2.01. The molecule has 13 heavy (non-hydrogen) atoms. The molecule has 0 saturated carbocycles. The lowest BCUT2D eigenvalue weighted by molar-refractivity contribution is 0.563. The smallest absolute Gasteiger partial charge is 0.243 e. The lowest BCUT2D eigenvalue weighted by atomic mass is 10.2. The summed E-state index contributed by atoms with van der Waals surface area (Å²) >= 11 is 0. The van der Waals surface area contributed by atoms with Crippen LogP contribution in [0, 0.1) is 0 Å². The van der Waals surface area contributed by atoms with Gasteiger partial charge in [0.2, 0.25) is 12.0 Å². The Morgan fingerprint density at radius 1 is 1.62 bits per heavy atom. The van der Waals surface area contributed by atoms with Crippen LogP contribution >= 0.6 is 0 Å². The molecule has 0 saturated heterocycles. The summed E-state index contributed by atoms with van der Waals surface area (Å²) in [5.74, 6) is 0.450. The maximum atomic E-state index is 10.0. The summed E-state index contributed by atoms with van der Waals surface area (Å²) in [7, 11) is 0. The SMILES string of the molecule is CCCCCn1ccnc1N=C=O. The van der Waals surface area contributed by atoms with E-state index < -0.39 is 0 Å². The zero-order chi connectivity index (χ0) is 9.52. The van der Waals surface area contributed by atoms with E-state index in [1.54, 1.807) is 6.20 Å². The van der Waals surface area contributed by atoms with Gasteiger partial charge in [0, 0.05) is 18.9 Å². The quantitative estimate of drug-likeness (QED) is 0.394. The van der Waals surface area contributed by atoms with Gasteiger partial charge in [-0.05, 0) is 6.42 Å². The van der Waals surface area contributed by atoms with Crippen LogP contribution < -0.4 is 0 Å². The van der Waals surface area contributed by atoms with E-state index in [4.69, 9.17) is 0 Å². The Morgan fingerprint density at radius 3 is 3.15 bits per heavy atom. The molecule has 0 aliphatic carbocycles. The Hall–Kier alpha value is -1.41. The standard InChI is InChI=1S/C9H13N3O/c1-2-3-4-6-12-7-5-10-9(12)11-8-13/h5,7H,2-4,6H2,1H3. The maximum Gasteiger partial charge on any atom is 0.243 e. The van der Waals surface area contributed by atoms with E-state index in [1.165, 1.54) is 18.9 Å². The first-order valence-electron chi connectivity index (χ1n) is 4.47. The molecule has 0 N–H and O–H groups in total. The van der Waals surface area contributed by atoms with Crippen LogP contribution in [0.15, 0.2) is 17.4 Å². The molecule has 0 atom stereocenters. The van der Waals surface area contributed by atoms with E-state index in [0.29, 0.717) is 5.95 Å². The molecule has 4 heteroatoms. The molecule has 1 aromatic heterocycles. The summed E-state index contributed by atoms with van der Waals surface area (Å²) in [4.78, 5) is 17.4. The molecule has 0 bridgehead atoms. The highest BCUT2D eigenvalue weighted by molar-refractivity contribution is 5.41. The number of hydrogen-bond acceptors (Lipinski definition) is 3. The minimum Gasteiger partial charge on any atom is -0.315 e. The van der Waals surface area contributed by atoms with Gasteiger partial charge in [0.1, 0.15) is 0 Å². The molecule has 0 fully saturated rings. The first-order chi connectivity index (χ1) is 6.38. The second-order valence-electron chi connectivity index (χ2n) is 2.83. The molecule has 1 aromatic rings. The maximum absolute atomic E-state index is 10.0. The normalized spacial score (nSPS) is 9.62. The summed E-state index contributed by atoms with van der Waals surface area (Å²) in [6.07, 6.45) is 8.41. The number of unbranched alkanes of at least 4 members (excludes halogenated alkanes) is 2. The van der Waals surface area contributed by atoms with Crippen molar-refractivity contribution in [2.75, 3.05) is 0 Å². The molecule has 1 rings (SSSR count). The zero-order valence-electron chi connectivity index (χ0n) is 7.73.